The van der Waals surface area contributed by atoms with E-state index in [1.165, 1.54) is 0 Å². The molecular weight excluding hydrogens is 506 g/mol. The van der Waals surface area contributed by atoms with Gasteiger partial charge in [0.1, 0.15) is 18.1 Å². The summed E-state index contributed by atoms with van der Waals surface area (Å²) in [5.41, 5.74) is 11.8. The van der Waals surface area contributed by atoms with Gasteiger partial charge in [-0.3, -0.25) is 28.8 Å². The average molecular weight is 538 g/mol. The van der Waals surface area contributed by atoms with Crippen molar-refractivity contribution in [1.82, 2.24) is 16.0 Å². The third kappa shape index (κ3) is 11.9. The van der Waals surface area contributed by atoms with Gasteiger partial charge < -0.3 is 42.7 Å². The minimum Gasteiger partial charge on any atom is -0.481 e. The number of primary amides is 1. The van der Waals surface area contributed by atoms with Crippen LogP contribution < -0.4 is 27.4 Å². The molecule has 0 bridgehead atoms. The van der Waals surface area contributed by atoms with E-state index in [2.05, 4.69) is 16.0 Å². The zero-order valence-corrected chi connectivity index (χ0v) is 20.3. The van der Waals surface area contributed by atoms with Crippen LogP contribution in [-0.2, 0) is 40.0 Å². The Balaban J connectivity index is 3.00. The van der Waals surface area contributed by atoms with Crippen LogP contribution in [0.2, 0.25) is 0 Å². The number of amides is 4. The third-order valence-electron chi connectivity index (χ3n) is 5.21. The lowest BCUT2D eigenvalue weighted by molar-refractivity contribution is -0.144. The van der Waals surface area contributed by atoms with Crippen molar-refractivity contribution in [3.8, 4) is 0 Å². The molecule has 0 saturated carbocycles. The van der Waals surface area contributed by atoms with Gasteiger partial charge in [0.2, 0.25) is 23.6 Å². The maximum Gasteiger partial charge on any atom is 0.326 e. The molecule has 4 atom stereocenters. The lowest BCUT2D eigenvalue weighted by atomic mass is 10.0. The topological polar surface area (TPSA) is 268 Å². The van der Waals surface area contributed by atoms with E-state index < -0.39 is 97.8 Å². The van der Waals surface area contributed by atoms with Crippen LogP contribution >= 0.6 is 0 Å². The number of aliphatic carboxylic acids is 3. The van der Waals surface area contributed by atoms with Crippen LogP contribution in [0.5, 0.6) is 0 Å². The third-order valence-corrected chi connectivity index (χ3v) is 5.21. The number of nitrogens with two attached hydrogens (primary N) is 2. The molecule has 38 heavy (non-hydrogen) atoms. The number of nitrogens with one attached hydrogen (secondary N) is 3. The van der Waals surface area contributed by atoms with Crippen molar-refractivity contribution >= 4 is 41.5 Å². The van der Waals surface area contributed by atoms with E-state index >= 15 is 0 Å². The molecular formula is C23H31N5O10. The summed E-state index contributed by atoms with van der Waals surface area (Å²) < 4.78 is 0. The van der Waals surface area contributed by atoms with Gasteiger partial charge in [-0.1, -0.05) is 30.3 Å². The molecule has 0 aliphatic heterocycles. The lowest BCUT2D eigenvalue weighted by Crippen LogP contribution is -2.58. The molecule has 10 N–H and O–H groups in total. The van der Waals surface area contributed by atoms with Gasteiger partial charge >= 0.3 is 17.9 Å². The second kappa shape index (κ2) is 15.6. The number of carbonyl (C=O) groups is 7. The first-order valence-corrected chi connectivity index (χ1v) is 11.5. The highest BCUT2D eigenvalue weighted by Gasteiger charge is 2.31. The van der Waals surface area contributed by atoms with E-state index in [0.717, 1.165) is 5.56 Å². The van der Waals surface area contributed by atoms with Gasteiger partial charge in [0, 0.05) is 12.8 Å². The summed E-state index contributed by atoms with van der Waals surface area (Å²) in [6, 6.07) is 2.77. The summed E-state index contributed by atoms with van der Waals surface area (Å²) >= 11 is 0. The van der Waals surface area contributed by atoms with E-state index in [0.29, 0.717) is 0 Å². The van der Waals surface area contributed by atoms with Crippen LogP contribution in [0.1, 0.15) is 37.7 Å². The Morgan fingerprint density at radius 2 is 1.18 bits per heavy atom. The summed E-state index contributed by atoms with van der Waals surface area (Å²) in [5.74, 6) is -8.15. The molecule has 1 aromatic rings. The molecule has 0 fully saturated rings. The molecule has 4 unspecified atom stereocenters. The molecule has 0 saturated heterocycles. The molecule has 0 radical (unpaired) electrons. The largest absolute Gasteiger partial charge is 0.481 e. The standard InChI is InChI=1S/C23H31N5O10/c24-13(10-12-4-2-1-3-5-12)20(34)28-16(11-17(25)29)22(36)26-14(6-8-18(30)31)21(35)27-15(23(37)38)7-9-19(32)33/h1-5,13-16H,6-11,24H2,(H2,25,29)(H,26,36)(H,27,35)(H,28,34)(H,30,31)(H,32,33)(H,37,38). The van der Waals surface area contributed by atoms with Gasteiger partial charge in [-0.05, 0) is 24.8 Å². The number of benzene rings is 1. The van der Waals surface area contributed by atoms with E-state index in [1.54, 1.807) is 30.3 Å². The predicted octanol–water partition coefficient (Wildman–Crippen LogP) is -2.30. The Bertz CT molecular complexity index is 1030. The van der Waals surface area contributed by atoms with Crippen LogP contribution in [0, 0.1) is 0 Å². The molecule has 0 heterocycles. The average Bonchev–Trinajstić information content (AvgIpc) is 2.83. The first-order valence-electron chi connectivity index (χ1n) is 11.5. The highest BCUT2D eigenvalue weighted by atomic mass is 16.4. The Morgan fingerprint density at radius 1 is 0.711 bits per heavy atom. The Kier molecular flexibility index (Phi) is 12.9. The molecule has 0 aliphatic carbocycles. The van der Waals surface area contributed by atoms with Crippen LogP contribution in [0.15, 0.2) is 30.3 Å². The van der Waals surface area contributed by atoms with Crippen molar-refractivity contribution in [3.05, 3.63) is 35.9 Å². The monoisotopic (exact) mass is 537 g/mol. The van der Waals surface area contributed by atoms with Crippen molar-refractivity contribution in [2.45, 2.75) is 62.7 Å². The molecule has 15 heteroatoms. The van der Waals surface area contributed by atoms with Crippen molar-refractivity contribution in [2.75, 3.05) is 0 Å². The van der Waals surface area contributed by atoms with Crippen molar-refractivity contribution in [1.29, 1.82) is 0 Å². The highest BCUT2D eigenvalue weighted by molar-refractivity contribution is 5.96. The number of hydrogen-bond donors (Lipinski definition) is 8. The number of carboxylic acids is 3. The van der Waals surface area contributed by atoms with Crippen molar-refractivity contribution < 1.29 is 48.9 Å². The normalized spacial score (nSPS) is 13.7. The molecule has 0 spiro atoms. The Labute approximate surface area is 216 Å². The summed E-state index contributed by atoms with van der Waals surface area (Å²) in [6.45, 7) is 0. The minimum absolute atomic E-state index is 0.105. The lowest BCUT2D eigenvalue weighted by Gasteiger charge is -2.24. The summed E-state index contributed by atoms with van der Waals surface area (Å²) in [6.07, 6.45) is -2.73. The first-order chi connectivity index (χ1) is 17.8. The van der Waals surface area contributed by atoms with Crippen LogP contribution in [0.4, 0.5) is 0 Å². The summed E-state index contributed by atoms with van der Waals surface area (Å²) in [4.78, 5) is 82.9. The smallest absolute Gasteiger partial charge is 0.326 e. The maximum atomic E-state index is 12.9. The molecule has 208 valence electrons. The fourth-order valence-electron chi connectivity index (χ4n) is 3.26. The van der Waals surface area contributed by atoms with E-state index in [9.17, 15) is 38.7 Å². The zero-order valence-electron chi connectivity index (χ0n) is 20.3. The second-order valence-electron chi connectivity index (χ2n) is 8.35. The summed E-state index contributed by atoms with van der Waals surface area (Å²) in [7, 11) is 0. The second-order valence-corrected chi connectivity index (χ2v) is 8.35. The van der Waals surface area contributed by atoms with Gasteiger partial charge in [-0.2, -0.15) is 0 Å². The fraction of sp³-hybridized carbons (Fsp3) is 0.435. The van der Waals surface area contributed by atoms with Crippen molar-refractivity contribution in [2.24, 2.45) is 11.5 Å². The molecule has 1 aromatic carbocycles. The zero-order chi connectivity index (χ0) is 28.8. The molecule has 15 nitrogen and oxygen atoms in total. The predicted molar refractivity (Wildman–Crippen MR) is 129 cm³/mol. The van der Waals surface area contributed by atoms with E-state index in [-0.39, 0.29) is 6.42 Å². The van der Waals surface area contributed by atoms with Gasteiger partial charge in [0.25, 0.3) is 0 Å². The quantitative estimate of drug-likeness (QED) is 0.105. The summed E-state index contributed by atoms with van der Waals surface area (Å²) in [5, 5.41) is 33.6. The van der Waals surface area contributed by atoms with Gasteiger partial charge in [0.15, 0.2) is 0 Å². The van der Waals surface area contributed by atoms with Crippen LogP contribution in [-0.4, -0.2) is 81.0 Å². The first kappa shape index (κ1) is 31.5. The molecule has 1 rings (SSSR count). The molecule has 4 amide bonds. The Hall–Kier alpha value is -4.53. The van der Waals surface area contributed by atoms with Crippen molar-refractivity contribution in [3.63, 3.8) is 0 Å². The van der Waals surface area contributed by atoms with E-state index in [4.69, 9.17) is 21.7 Å². The van der Waals surface area contributed by atoms with Crippen LogP contribution in [0.25, 0.3) is 0 Å². The van der Waals surface area contributed by atoms with Gasteiger partial charge in [0.05, 0.1) is 12.5 Å². The van der Waals surface area contributed by atoms with Gasteiger partial charge in [-0.25, -0.2) is 4.79 Å². The fourth-order valence-corrected chi connectivity index (χ4v) is 3.26. The maximum absolute atomic E-state index is 12.9. The molecule has 0 aromatic heterocycles. The van der Waals surface area contributed by atoms with Crippen LogP contribution in [0.3, 0.4) is 0 Å². The number of rotatable bonds is 17. The van der Waals surface area contributed by atoms with E-state index in [1.807, 2.05) is 0 Å². The minimum atomic E-state index is -1.64. The Morgan fingerprint density at radius 3 is 1.68 bits per heavy atom. The molecule has 0 aliphatic rings. The number of carboxylic acid groups (broad SMARTS) is 3. The number of carbonyl (C=O) groups excluding carboxylic acids is 4. The van der Waals surface area contributed by atoms with Gasteiger partial charge in [-0.15, -0.1) is 0 Å². The SMILES string of the molecule is NC(=O)CC(NC(=O)C(N)Cc1ccccc1)C(=O)NC(CCC(=O)O)C(=O)NC(CCC(=O)O)C(=O)O. The highest BCUT2D eigenvalue weighted by Crippen LogP contribution is 2.06. The number of hydrogen-bond acceptors (Lipinski definition) is 8.